The number of piperazine rings is 1. The van der Waals surface area contributed by atoms with Crippen LogP contribution in [0.25, 0.3) is 0 Å². The summed E-state index contributed by atoms with van der Waals surface area (Å²) in [6, 6.07) is 6.53. The number of carbonyl (C=O) groups is 2. The van der Waals surface area contributed by atoms with E-state index in [1.165, 1.54) is 12.1 Å². The summed E-state index contributed by atoms with van der Waals surface area (Å²) in [6.45, 7) is 4.16. The number of hydrogen-bond donors (Lipinski definition) is 1. The molecule has 29 heavy (non-hydrogen) atoms. The second-order valence-electron chi connectivity index (χ2n) is 8.06. The van der Waals surface area contributed by atoms with Crippen LogP contribution in [-0.4, -0.2) is 74.6 Å². The number of amides is 2. The molecule has 2 fully saturated rings. The highest BCUT2D eigenvalue weighted by Crippen LogP contribution is 2.43. The molecule has 0 atom stereocenters. The first kappa shape index (κ1) is 21.7. The van der Waals surface area contributed by atoms with Crippen molar-refractivity contribution in [2.75, 3.05) is 53.0 Å². The maximum atomic E-state index is 13.8. The molecule has 0 aromatic heterocycles. The van der Waals surface area contributed by atoms with Crippen LogP contribution in [0.4, 0.5) is 4.39 Å². The van der Waals surface area contributed by atoms with Crippen LogP contribution < -0.4 is 5.32 Å². The lowest BCUT2D eigenvalue weighted by Gasteiger charge is -2.40. The summed E-state index contributed by atoms with van der Waals surface area (Å²) in [7, 11) is 1.65. The van der Waals surface area contributed by atoms with E-state index in [9.17, 15) is 14.0 Å². The maximum absolute atomic E-state index is 13.8. The van der Waals surface area contributed by atoms with Crippen LogP contribution in [0.15, 0.2) is 24.3 Å². The van der Waals surface area contributed by atoms with Crippen LogP contribution in [0.5, 0.6) is 0 Å². The number of carbonyl (C=O) groups excluding carboxylic acids is 2. The summed E-state index contributed by atoms with van der Waals surface area (Å²) >= 11 is 0. The SMILES string of the molecule is COCCCNC(=O)CN1CCN(C(=O)C2(c3cccc(F)c3)CCCC2)CC1. The van der Waals surface area contributed by atoms with E-state index in [0.717, 1.165) is 37.7 Å². The first-order valence-corrected chi connectivity index (χ1v) is 10.6. The lowest BCUT2D eigenvalue weighted by atomic mass is 9.77. The van der Waals surface area contributed by atoms with Crippen molar-refractivity contribution in [2.45, 2.75) is 37.5 Å². The molecule has 1 aromatic rings. The summed E-state index contributed by atoms with van der Waals surface area (Å²) in [4.78, 5) is 29.5. The maximum Gasteiger partial charge on any atom is 0.234 e. The van der Waals surface area contributed by atoms with Gasteiger partial charge in [-0.1, -0.05) is 25.0 Å². The van der Waals surface area contributed by atoms with E-state index >= 15 is 0 Å². The smallest absolute Gasteiger partial charge is 0.234 e. The molecule has 0 spiro atoms. The van der Waals surface area contributed by atoms with E-state index in [1.54, 1.807) is 13.2 Å². The Balaban J connectivity index is 1.54. The first-order valence-electron chi connectivity index (χ1n) is 10.6. The van der Waals surface area contributed by atoms with Crippen LogP contribution in [-0.2, 0) is 19.7 Å². The van der Waals surface area contributed by atoms with Gasteiger partial charge in [-0.25, -0.2) is 4.39 Å². The number of rotatable bonds is 8. The molecular formula is C22H32FN3O3. The zero-order chi connectivity index (χ0) is 20.7. The number of nitrogens with one attached hydrogen (secondary N) is 1. The Kier molecular flexibility index (Phi) is 7.61. The molecular weight excluding hydrogens is 373 g/mol. The van der Waals surface area contributed by atoms with Crippen molar-refractivity contribution in [2.24, 2.45) is 0 Å². The number of halogens is 1. The summed E-state index contributed by atoms with van der Waals surface area (Å²) in [5.41, 5.74) is 0.209. The molecule has 7 heteroatoms. The fourth-order valence-electron chi connectivity index (χ4n) is 4.51. The third-order valence-electron chi connectivity index (χ3n) is 6.12. The topological polar surface area (TPSA) is 61.9 Å². The van der Waals surface area contributed by atoms with Gasteiger partial charge in [0.05, 0.1) is 12.0 Å². The molecule has 6 nitrogen and oxygen atoms in total. The minimum Gasteiger partial charge on any atom is -0.385 e. The van der Waals surface area contributed by atoms with Crippen molar-refractivity contribution in [1.82, 2.24) is 15.1 Å². The van der Waals surface area contributed by atoms with Crippen LogP contribution >= 0.6 is 0 Å². The number of ether oxygens (including phenoxy) is 1. The van der Waals surface area contributed by atoms with E-state index in [1.807, 2.05) is 11.0 Å². The van der Waals surface area contributed by atoms with Crippen molar-refractivity contribution >= 4 is 11.8 Å². The van der Waals surface area contributed by atoms with Crippen LogP contribution in [0.3, 0.4) is 0 Å². The van der Waals surface area contributed by atoms with Crippen LogP contribution in [0, 0.1) is 5.82 Å². The highest BCUT2D eigenvalue weighted by molar-refractivity contribution is 5.89. The monoisotopic (exact) mass is 405 g/mol. The number of hydrogen-bond acceptors (Lipinski definition) is 4. The highest BCUT2D eigenvalue weighted by Gasteiger charge is 2.45. The third kappa shape index (κ3) is 5.34. The normalized spacial score (nSPS) is 19.3. The Morgan fingerprint density at radius 1 is 1.17 bits per heavy atom. The average molecular weight is 406 g/mol. The summed E-state index contributed by atoms with van der Waals surface area (Å²) in [5, 5.41) is 2.90. The minimum absolute atomic E-state index is 0.00732. The van der Waals surface area contributed by atoms with Crippen molar-refractivity contribution in [1.29, 1.82) is 0 Å². The standard InChI is InChI=1S/C22H32FN3O3/c1-29-15-5-10-24-20(27)17-25-11-13-26(14-12-25)21(28)22(8-2-3-9-22)18-6-4-7-19(23)16-18/h4,6-7,16H,2-3,5,8-15,17H2,1H3,(H,24,27). The molecule has 3 rings (SSSR count). The van der Waals surface area contributed by atoms with Gasteiger partial charge in [0.15, 0.2) is 0 Å². The molecule has 1 saturated carbocycles. The molecule has 1 aliphatic carbocycles. The first-order chi connectivity index (χ1) is 14.0. The predicted molar refractivity (Wildman–Crippen MR) is 109 cm³/mol. The van der Waals surface area contributed by atoms with Crippen LogP contribution in [0.2, 0.25) is 0 Å². The zero-order valence-corrected chi connectivity index (χ0v) is 17.3. The number of methoxy groups -OCH3 is 1. The second kappa shape index (κ2) is 10.2. The molecule has 1 heterocycles. The Labute approximate surface area is 172 Å². The fourth-order valence-corrected chi connectivity index (χ4v) is 4.51. The van der Waals surface area contributed by atoms with Gasteiger partial charge in [-0.3, -0.25) is 14.5 Å². The van der Waals surface area contributed by atoms with Crippen molar-refractivity contribution < 1.29 is 18.7 Å². The van der Waals surface area contributed by atoms with Crippen LogP contribution in [0.1, 0.15) is 37.7 Å². The van der Waals surface area contributed by atoms with E-state index in [2.05, 4.69) is 10.2 Å². The van der Waals surface area contributed by atoms with E-state index in [-0.39, 0.29) is 17.6 Å². The molecule has 0 bridgehead atoms. The lowest BCUT2D eigenvalue weighted by molar-refractivity contribution is -0.139. The van der Waals surface area contributed by atoms with Gasteiger partial charge in [-0.2, -0.15) is 0 Å². The van der Waals surface area contributed by atoms with Crippen molar-refractivity contribution in [3.8, 4) is 0 Å². The molecule has 1 saturated heterocycles. The highest BCUT2D eigenvalue weighted by atomic mass is 19.1. The number of benzene rings is 1. The van der Waals surface area contributed by atoms with Crippen molar-refractivity contribution in [3.63, 3.8) is 0 Å². The fraction of sp³-hybridized carbons (Fsp3) is 0.636. The summed E-state index contributed by atoms with van der Waals surface area (Å²) < 4.78 is 18.8. The minimum atomic E-state index is -0.594. The van der Waals surface area contributed by atoms with Gasteiger partial charge in [0, 0.05) is 46.4 Å². The molecule has 1 aromatic carbocycles. The average Bonchev–Trinajstić information content (AvgIpc) is 3.22. The lowest BCUT2D eigenvalue weighted by Crippen LogP contribution is -2.55. The molecule has 1 aliphatic heterocycles. The largest absolute Gasteiger partial charge is 0.385 e. The Morgan fingerprint density at radius 3 is 2.55 bits per heavy atom. The van der Waals surface area contributed by atoms with E-state index in [0.29, 0.717) is 45.9 Å². The number of nitrogens with zero attached hydrogens (tertiary/aromatic N) is 2. The molecule has 2 amide bonds. The molecule has 0 radical (unpaired) electrons. The van der Waals surface area contributed by atoms with Gasteiger partial charge in [-0.05, 0) is 37.0 Å². The quantitative estimate of drug-likeness (QED) is 0.672. The molecule has 160 valence electrons. The Hall–Kier alpha value is -1.99. The van der Waals surface area contributed by atoms with Gasteiger partial charge in [0.2, 0.25) is 11.8 Å². The molecule has 1 N–H and O–H groups in total. The van der Waals surface area contributed by atoms with Gasteiger partial charge in [0.25, 0.3) is 0 Å². The van der Waals surface area contributed by atoms with Crippen molar-refractivity contribution in [3.05, 3.63) is 35.6 Å². The molecule has 0 unspecified atom stereocenters. The third-order valence-corrected chi connectivity index (χ3v) is 6.12. The Morgan fingerprint density at radius 2 is 1.90 bits per heavy atom. The predicted octanol–water partition coefficient (Wildman–Crippen LogP) is 1.93. The second-order valence-corrected chi connectivity index (χ2v) is 8.06. The van der Waals surface area contributed by atoms with E-state index < -0.39 is 5.41 Å². The zero-order valence-electron chi connectivity index (χ0n) is 17.3. The van der Waals surface area contributed by atoms with E-state index in [4.69, 9.17) is 4.74 Å². The van der Waals surface area contributed by atoms with Gasteiger partial charge < -0.3 is 15.0 Å². The van der Waals surface area contributed by atoms with Gasteiger partial charge >= 0.3 is 0 Å². The van der Waals surface area contributed by atoms with Gasteiger partial charge in [0.1, 0.15) is 5.82 Å². The summed E-state index contributed by atoms with van der Waals surface area (Å²) in [6.07, 6.45) is 4.34. The molecule has 2 aliphatic rings. The summed E-state index contributed by atoms with van der Waals surface area (Å²) in [5.74, 6) is -0.167. The Bertz CT molecular complexity index is 698. The van der Waals surface area contributed by atoms with Gasteiger partial charge in [-0.15, -0.1) is 0 Å².